The molecule has 0 atom stereocenters. The SMILES string of the molecule is Cc1cnc2c(c1)N(C(=O)c1ccccc1)CCN2. The van der Waals surface area contributed by atoms with Crippen LogP contribution in [0.15, 0.2) is 42.6 Å². The molecule has 1 N–H and O–H groups in total. The quantitative estimate of drug-likeness (QED) is 0.849. The van der Waals surface area contributed by atoms with E-state index in [1.54, 1.807) is 4.90 Å². The monoisotopic (exact) mass is 253 g/mol. The van der Waals surface area contributed by atoms with Crippen molar-refractivity contribution in [3.05, 3.63) is 53.7 Å². The van der Waals surface area contributed by atoms with E-state index in [9.17, 15) is 4.79 Å². The number of benzene rings is 1. The van der Waals surface area contributed by atoms with Gasteiger partial charge in [-0.2, -0.15) is 0 Å². The first kappa shape index (κ1) is 11.7. The Morgan fingerprint density at radius 2 is 2.11 bits per heavy atom. The van der Waals surface area contributed by atoms with Gasteiger partial charge in [0.1, 0.15) is 5.82 Å². The minimum Gasteiger partial charge on any atom is -0.367 e. The van der Waals surface area contributed by atoms with E-state index in [4.69, 9.17) is 0 Å². The molecular formula is C15H15N3O. The van der Waals surface area contributed by atoms with Crippen LogP contribution >= 0.6 is 0 Å². The Bertz CT molecular complexity index is 610. The summed E-state index contributed by atoms with van der Waals surface area (Å²) in [7, 11) is 0. The normalized spacial score (nSPS) is 13.6. The minimum absolute atomic E-state index is 0.0238. The van der Waals surface area contributed by atoms with Crippen molar-refractivity contribution in [2.24, 2.45) is 0 Å². The van der Waals surface area contributed by atoms with E-state index in [1.165, 1.54) is 0 Å². The second-order valence-corrected chi connectivity index (χ2v) is 4.63. The fourth-order valence-electron chi connectivity index (χ4n) is 2.25. The number of aryl methyl sites for hydroxylation is 1. The van der Waals surface area contributed by atoms with Gasteiger partial charge in [-0.15, -0.1) is 0 Å². The number of pyridine rings is 1. The molecule has 1 aliphatic heterocycles. The van der Waals surface area contributed by atoms with E-state index in [2.05, 4.69) is 10.3 Å². The molecule has 0 fully saturated rings. The van der Waals surface area contributed by atoms with Crippen molar-refractivity contribution >= 4 is 17.4 Å². The summed E-state index contributed by atoms with van der Waals surface area (Å²) in [5.74, 6) is 0.803. The molecule has 1 aromatic heterocycles. The molecule has 19 heavy (non-hydrogen) atoms. The van der Waals surface area contributed by atoms with Gasteiger partial charge in [0.05, 0.1) is 5.69 Å². The number of rotatable bonds is 1. The maximum atomic E-state index is 12.5. The van der Waals surface area contributed by atoms with Gasteiger partial charge >= 0.3 is 0 Å². The fourth-order valence-corrected chi connectivity index (χ4v) is 2.25. The van der Waals surface area contributed by atoms with Gasteiger partial charge in [-0.05, 0) is 30.7 Å². The highest BCUT2D eigenvalue weighted by atomic mass is 16.2. The zero-order valence-corrected chi connectivity index (χ0v) is 10.8. The molecule has 2 aromatic rings. The number of anilines is 2. The van der Waals surface area contributed by atoms with E-state index < -0.39 is 0 Å². The summed E-state index contributed by atoms with van der Waals surface area (Å²) in [6.45, 7) is 3.36. The second-order valence-electron chi connectivity index (χ2n) is 4.63. The van der Waals surface area contributed by atoms with Crippen molar-refractivity contribution in [2.75, 3.05) is 23.3 Å². The number of carbonyl (C=O) groups excluding carboxylic acids is 1. The van der Waals surface area contributed by atoms with Crippen LogP contribution in [-0.2, 0) is 0 Å². The summed E-state index contributed by atoms with van der Waals surface area (Å²) in [5, 5.41) is 3.22. The Labute approximate surface area is 112 Å². The van der Waals surface area contributed by atoms with Crippen LogP contribution in [0.2, 0.25) is 0 Å². The number of carbonyl (C=O) groups is 1. The van der Waals surface area contributed by atoms with E-state index in [1.807, 2.05) is 49.5 Å². The Kier molecular flexibility index (Phi) is 2.91. The molecule has 0 radical (unpaired) electrons. The highest BCUT2D eigenvalue weighted by molar-refractivity contribution is 6.08. The van der Waals surface area contributed by atoms with E-state index in [0.29, 0.717) is 12.1 Å². The lowest BCUT2D eigenvalue weighted by Gasteiger charge is -2.29. The molecule has 0 spiro atoms. The fraction of sp³-hybridized carbons (Fsp3) is 0.200. The molecule has 4 heteroatoms. The Morgan fingerprint density at radius 3 is 2.89 bits per heavy atom. The molecule has 0 aliphatic carbocycles. The largest absolute Gasteiger partial charge is 0.367 e. The molecule has 0 saturated heterocycles. The minimum atomic E-state index is 0.0238. The van der Waals surface area contributed by atoms with Crippen molar-refractivity contribution in [1.29, 1.82) is 0 Å². The van der Waals surface area contributed by atoms with Crippen molar-refractivity contribution in [1.82, 2.24) is 4.98 Å². The summed E-state index contributed by atoms with van der Waals surface area (Å²) >= 11 is 0. The molecule has 0 saturated carbocycles. The summed E-state index contributed by atoms with van der Waals surface area (Å²) in [6.07, 6.45) is 1.81. The zero-order chi connectivity index (χ0) is 13.2. The number of fused-ring (bicyclic) bond motifs is 1. The lowest BCUT2D eigenvalue weighted by atomic mass is 10.1. The molecule has 96 valence electrons. The first-order chi connectivity index (χ1) is 9.25. The molecule has 3 rings (SSSR count). The molecule has 2 heterocycles. The van der Waals surface area contributed by atoms with Crippen LogP contribution in [0.5, 0.6) is 0 Å². The third kappa shape index (κ3) is 2.17. The van der Waals surface area contributed by atoms with Gasteiger partial charge in [-0.3, -0.25) is 4.79 Å². The number of hydrogen-bond acceptors (Lipinski definition) is 3. The third-order valence-corrected chi connectivity index (χ3v) is 3.19. The van der Waals surface area contributed by atoms with Crippen LogP contribution in [0.3, 0.4) is 0 Å². The average molecular weight is 253 g/mol. The standard InChI is InChI=1S/C15H15N3O/c1-11-9-13-14(17-10-11)16-7-8-18(13)15(19)12-5-3-2-4-6-12/h2-6,9-10H,7-8H2,1H3,(H,16,17). The summed E-state index contributed by atoms with van der Waals surface area (Å²) in [6, 6.07) is 11.3. The van der Waals surface area contributed by atoms with Gasteiger partial charge in [0.15, 0.2) is 0 Å². The number of nitrogens with one attached hydrogen (secondary N) is 1. The van der Waals surface area contributed by atoms with Crippen LogP contribution < -0.4 is 10.2 Å². The maximum absolute atomic E-state index is 12.5. The third-order valence-electron chi connectivity index (χ3n) is 3.19. The predicted molar refractivity (Wildman–Crippen MR) is 75.6 cm³/mol. The zero-order valence-electron chi connectivity index (χ0n) is 10.8. The number of amides is 1. The first-order valence-electron chi connectivity index (χ1n) is 6.33. The number of hydrogen-bond donors (Lipinski definition) is 1. The topological polar surface area (TPSA) is 45.2 Å². The highest BCUT2D eigenvalue weighted by Gasteiger charge is 2.24. The van der Waals surface area contributed by atoms with Crippen molar-refractivity contribution in [3.63, 3.8) is 0 Å². The van der Waals surface area contributed by atoms with Crippen LogP contribution in [0.4, 0.5) is 11.5 Å². The Balaban J connectivity index is 2.00. The van der Waals surface area contributed by atoms with E-state index in [-0.39, 0.29) is 5.91 Å². The molecule has 1 amide bonds. The highest BCUT2D eigenvalue weighted by Crippen LogP contribution is 2.28. The van der Waals surface area contributed by atoms with Gasteiger partial charge in [0.25, 0.3) is 5.91 Å². The molecular weight excluding hydrogens is 238 g/mol. The second kappa shape index (κ2) is 4.72. The molecule has 1 aliphatic rings. The number of nitrogens with zero attached hydrogens (tertiary/aromatic N) is 2. The summed E-state index contributed by atoms with van der Waals surface area (Å²) in [5.41, 5.74) is 2.62. The van der Waals surface area contributed by atoms with Gasteiger partial charge in [-0.25, -0.2) is 4.98 Å². The smallest absolute Gasteiger partial charge is 0.258 e. The summed E-state index contributed by atoms with van der Waals surface area (Å²) < 4.78 is 0. The van der Waals surface area contributed by atoms with Gasteiger partial charge in [0.2, 0.25) is 0 Å². The average Bonchev–Trinajstić information content (AvgIpc) is 2.47. The van der Waals surface area contributed by atoms with Gasteiger partial charge < -0.3 is 10.2 Å². The first-order valence-corrected chi connectivity index (χ1v) is 6.33. The lowest BCUT2D eigenvalue weighted by Crippen LogP contribution is -2.39. The van der Waals surface area contributed by atoms with Gasteiger partial charge in [-0.1, -0.05) is 18.2 Å². The van der Waals surface area contributed by atoms with Gasteiger partial charge in [0, 0.05) is 24.8 Å². The Morgan fingerprint density at radius 1 is 1.32 bits per heavy atom. The van der Waals surface area contributed by atoms with Crippen LogP contribution in [0.1, 0.15) is 15.9 Å². The van der Waals surface area contributed by atoms with Crippen LogP contribution in [0, 0.1) is 6.92 Å². The number of aromatic nitrogens is 1. The molecule has 0 bridgehead atoms. The molecule has 4 nitrogen and oxygen atoms in total. The molecule has 1 aromatic carbocycles. The van der Waals surface area contributed by atoms with E-state index in [0.717, 1.165) is 23.6 Å². The summed E-state index contributed by atoms with van der Waals surface area (Å²) in [4.78, 5) is 18.7. The predicted octanol–water partition coefficient (Wildman–Crippen LogP) is 2.46. The lowest BCUT2D eigenvalue weighted by molar-refractivity contribution is 0.0987. The van der Waals surface area contributed by atoms with Crippen molar-refractivity contribution in [2.45, 2.75) is 6.92 Å². The van der Waals surface area contributed by atoms with E-state index >= 15 is 0 Å². The van der Waals surface area contributed by atoms with Crippen molar-refractivity contribution < 1.29 is 4.79 Å². The maximum Gasteiger partial charge on any atom is 0.258 e. The van der Waals surface area contributed by atoms with Crippen LogP contribution in [0.25, 0.3) is 0 Å². The Hall–Kier alpha value is -2.36. The van der Waals surface area contributed by atoms with Crippen molar-refractivity contribution in [3.8, 4) is 0 Å². The molecule has 0 unspecified atom stereocenters. The van der Waals surface area contributed by atoms with Crippen LogP contribution in [-0.4, -0.2) is 24.0 Å².